The summed E-state index contributed by atoms with van der Waals surface area (Å²) >= 11 is 0. The topological polar surface area (TPSA) is 127 Å². The van der Waals surface area contributed by atoms with E-state index in [0.29, 0.717) is 32.1 Å². The number of carbonyl (C=O) groups is 1. The lowest BCUT2D eigenvalue weighted by Gasteiger charge is -2.28. The number of rotatable bonds is 3. The van der Waals surface area contributed by atoms with Gasteiger partial charge in [0.15, 0.2) is 11.2 Å². The highest BCUT2D eigenvalue weighted by Crippen LogP contribution is 2.20. The zero-order valence-electron chi connectivity index (χ0n) is 17.5. The van der Waals surface area contributed by atoms with Crippen LogP contribution in [0.25, 0.3) is 11.2 Å². The van der Waals surface area contributed by atoms with E-state index in [2.05, 4.69) is 27.0 Å². The van der Waals surface area contributed by atoms with Crippen LogP contribution in [0.3, 0.4) is 0 Å². The predicted octanol–water partition coefficient (Wildman–Crippen LogP) is -0.623. The van der Waals surface area contributed by atoms with E-state index in [9.17, 15) is 27.6 Å². The molecule has 32 heavy (non-hydrogen) atoms. The van der Waals surface area contributed by atoms with Crippen molar-refractivity contribution in [1.82, 2.24) is 24.2 Å². The lowest BCUT2D eigenvalue weighted by molar-refractivity contribution is -0.200. The highest BCUT2D eigenvalue weighted by molar-refractivity contribution is 5.77. The minimum atomic E-state index is -5.38. The van der Waals surface area contributed by atoms with Crippen molar-refractivity contribution in [3.05, 3.63) is 20.8 Å². The molecule has 2 aromatic heterocycles. The van der Waals surface area contributed by atoms with Gasteiger partial charge < -0.3 is 15.1 Å². The van der Waals surface area contributed by atoms with Crippen LogP contribution in [-0.2, 0) is 18.4 Å². The lowest BCUT2D eigenvalue weighted by atomic mass is 10.4. The molecule has 2 aromatic rings. The Morgan fingerprint density at radius 1 is 1.25 bits per heavy atom. The zero-order valence-corrected chi connectivity index (χ0v) is 17.5. The molecule has 0 spiro atoms. The Bertz CT molecular complexity index is 1220. The van der Waals surface area contributed by atoms with E-state index in [1.807, 2.05) is 4.90 Å². The van der Waals surface area contributed by atoms with E-state index in [1.165, 1.54) is 18.5 Å². The van der Waals surface area contributed by atoms with Crippen LogP contribution in [0.4, 0.5) is 19.1 Å². The molecular weight excluding hydrogens is 435 g/mol. The van der Waals surface area contributed by atoms with E-state index < -0.39 is 23.4 Å². The molecule has 0 amide bonds. The average molecular weight is 455 g/mol. The minimum absolute atomic E-state index is 0.00687. The first-order valence-corrected chi connectivity index (χ1v) is 9.26. The summed E-state index contributed by atoms with van der Waals surface area (Å²) in [6.45, 7) is 5.47. The van der Waals surface area contributed by atoms with Crippen LogP contribution in [0.2, 0.25) is 0 Å². The van der Waals surface area contributed by atoms with Crippen molar-refractivity contribution in [2.45, 2.75) is 26.6 Å². The summed E-state index contributed by atoms with van der Waals surface area (Å²) in [4.78, 5) is 46.6. The van der Waals surface area contributed by atoms with Crippen LogP contribution in [0.15, 0.2) is 9.59 Å². The van der Waals surface area contributed by atoms with Gasteiger partial charge in [-0.15, -0.1) is 5.92 Å². The third-order valence-corrected chi connectivity index (χ3v) is 4.31. The average Bonchev–Trinajstić information content (AvgIpc) is 3.13. The predicted molar refractivity (Wildman–Crippen MR) is 107 cm³/mol. The molecule has 0 unspecified atom stereocenters. The maximum Gasteiger partial charge on any atom is 0.493 e. The van der Waals surface area contributed by atoms with Crippen molar-refractivity contribution < 1.29 is 22.8 Å². The second-order valence-corrected chi connectivity index (χ2v) is 6.38. The highest BCUT2D eigenvalue weighted by Gasteiger charge is 2.43. The number of alkyl halides is 3. The fourth-order valence-corrected chi connectivity index (χ4v) is 2.91. The van der Waals surface area contributed by atoms with Crippen molar-refractivity contribution >= 4 is 23.1 Å². The standard InChI is InChI=1S/C16H17F3N6O4.C2H3N/c1-3-4-7-24-10-11(21-14(24)23-8-5-20-6-9-23)22(2)15(28)25(12(10)26)29-13(27)16(17,18)19;1-2-3/h20H,5-9H2,1-2H3;1H3. The molecule has 0 saturated carbocycles. The molecule has 14 heteroatoms. The quantitative estimate of drug-likeness (QED) is 0.607. The number of carbonyl (C=O) groups excluding carboxylic acids is 1. The van der Waals surface area contributed by atoms with Crippen molar-refractivity contribution in [2.75, 3.05) is 31.1 Å². The van der Waals surface area contributed by atoms with Gasteiger partial charge in [-0.2, -0.15) is 23.4 Å². The molecule has 1 aliphatic rings. The van der Waals surface area contributed by atoms with E-state index in [-0.39, 0.29) is 22.4 Å². The summed E-state index contributed by atoms with van der Waals surface area (Å²) in [5.74, 6) is 3.11. The van der Waals surface area contributed by atoms with Gasteiger partial charge in [0, 0.05) is 40.2 Å². The van der Waals surface area contributed by atoms with E-state index in [1.54, 1.807) is 13.0 Å². The Hall–Kier alpha value is -3.78. The number of hydrogen-bond acceptors (Lipinski definition) is 8. The SMILES string of the molecule is CC#CCn1c(N2CCNCC2)nc2c1c(=O)n(OC(=O)C(F)(F)F)c(=O)n2C.CC#N. The third kappa shape index (κ3) is 4.92. The number of piperazine rings is 1. The van der Waals surface area contributed by atoms with E-state index in [4.69, 9.17) is 5.26 Å². The molecule has 172 valence electrons. The third-order valence-electron chi connectivity index (χ3n) is 4.31. The summed E-state index contributed by atoms with van der Waals surface area (Å²) in [6, 6.07) is 1.75. The first kappa shape index (κ1) is 24.5. The van der Waals surface area contributed by atoms with Crippen LogP contribution < -0.4 is 26.3 Å². The number of nitrogens with one attached hydrogen (secondary N) is 1. The number of anilines is 1. The Morgan fingerprint density at radius 2 is 1.84 bits per heavy atom. The number of aryl methyl sites for hydroxylation is 1. The summed E-state index contributed by atoms with van der Waals surface area (Å²) in [5, 5.41) is 10.5. The molecule has 1 fully saturated rings. The van der Waals surface area contributed by atoms with Crippen LogP contribution in [0, 0.1) is 23.2 Å². The van der Waals surface area contributed by atoms with Crippen LogP contribution in [0.5, 0.6) is 0 Å². The first-order valence-electron chi connectivity index (χ1n) is 9.26. The number of fused-ring (bicyclic) bond motifs is 1. The number of hydrogen-bond donors (Lipinski definition) is 1. The second kappa shape index (κ2) is 10.0. The van der Waals surface area contributed by atoms with Crippen molar-refractivity contribution in [2.24, 2.45) is 7.05 Å². The number of nitrogens with zero attached hydrogens (tertiary/aromatic N) is 6. The molecule has 0 radical (unpaired) electrons. The van der Waals surface area contributed by atoms with Crippen LogP contribution >= 0.6 is 0 Å². The summed E-state index contributed by atoms with van der Waals surface area (Å²) < 4.78 is 39.7. The maximum atomic E-state index is 12.8. The summed E-state index contributed by atoms with van der Waals surface area (Å²) in [5.41, 5.74) is -2.74. The molecule has 1 N–H and O–H groups in total. The fourth-order valence-electron chi connectivity index (χ4n) is 2.91. The van der Waals surface area contributed by atoms with Gasteiger partial charge in [0.05, 0.1) is 12.6 Å². The Labute approximate surface area is 179 Å². The smallest absolute Gasteiger partial charge is 0.340 e. The molecule has 1 aliphatic heterocycles. The summed E-state index contributed by atoms with van der Waals surface area (Å²) in [7, 11) is 1.21. The number of nitriles is 1. The Balaban J connectivity index is 0.00000114. The van der Waals surface area contributed by atoms with Gasteiger partial charge in [0.25, 0.3) is 0 Å². The maximum absolute atomic E-state index is 12.8. The van der Waals surface area contributed by atoms with Gasteiger partial charge in [-0.1, -0.05) is 10.7 Å². The normalized spacial score (nSPS) is 13.5. The Kier molecular flexibility index (Phi) is 7.67. The van der Waals surface area contributed by atoms with Crippen LogP contribution in [-0.4, -0.2) is 57.2 Å². The van der Waals surface area contributed by atoms with Gasteiger partial charge >= 0.3 is 23.4 Å². The van der Waals surface area contributed by atoms with Gasteiger partial charge in [0.1, 0.15) is 0 Å². The van der Waals surface area contributed by atoms with Crippen LogP contribution in [0.1, 0.15) is 13.8 Å². The van der Waals surface area contributed by atoms with Gasteiger partial charge in [-0.05, 0) is 6.92 Å². The zero-order chi connectivity index (χ0) is 24.1. The summed E-state index contributed by atoms with van der Waals surface area (Å²) in [6.07, 6.45) is -5.38. The van der Waals surface area contributed by atoms with E-state index in [0.717, 1.165) is 4.57 Å². The lowest BCUT2D eigenvalue weighted by Crippen LogP contribution is -2.48. The second-order valence-electron chi connectivity index (χ2n) is 6.38. The molecule has 3 rings (SSSR count). The molecule has 0 atom stereocenters. The fraction of sp³-hybridized carbons (Fsp3) is 0.500. The van der Waals surface area contributed by atoms with Crippen molar-refractivity contribution in [3.8, 4) is 17.9 Å². The monoisotopic (exact) mass is 455 g/mol. The minimum Gasteiger partial charge on any atom is -0.340 e. The van der Waals surface area contributed by atoms with Gasteiger partial charge in [-0.25, -0.2) is 9.59 Å². The van der Waals surface area contributed by atoms with Gasteiger partial charge in [0.2, 0.25) is 5.95 Å². The Morgan fingerprint density at radius 3 is 2.38 bits per heavy atom. The number of aromatic nitrogens is 4. The molecule has 0 aromatic carbocycles. The largest absolute Gasteiger partial charge is 0.493 e. The van der Waals surface area contributed by atoms with Gasteiger partial charge in [-0.3, -0.25) is 13.9 Å². The van der Waals surface area contributed by atoms with E-state index >= 15 is 0 Å². The number of imidazole rings is 1. The van der Waals surface area contributed by atoms with Crippen molar-refractivity contribution in [1.29, 1.82) is 5.26 Å². The molecule has 1 saturated heterocycles. The molecule has 11 nitrogen and oxygen atoms in total. The first-order chi connectivity index (χ1) is 15.1. The molecule has 0 bridgehead atoms. The number of halogens is 3. The molecule has 3 heterocycles. The molecular formula is C18H20F3N7O4. The molecule has 0 aliphatic carbocycles. The highest BCUT2D eigenvalue weighted by atomic mass is 19.4. The van der Waals surface area contributed by atoms with Crippen molar-refractivity contribution in [3.63, 3.8) is 0 Å².